The molecule has 114 valence electrons. The Morgan fingerprint density at radius 2 is 2.23 bits per heavy atom. The molecule has 1 heterocycles. The van der Waals surface area contributed by atoms with Crippen LogP contribution >= 0.6 is 11.6 Å². The second-order valence-corrected chi connectivity index (χ2v) is 6.10. The quantitative estimate of drug-likeness (QED) is 0.774. The maximum atomic E-state index is 6.14. The maximum Gasteiger partial charge on any atom is 0.106 e. The normalized spacial score (nSPS) is 14.7. The molecule has 4 heteroatoms. The molecule has 0 spiro atoms. The Bertz CT molecular complexity index is 741. The van der Waals surface area contributed by atoms with Crippen molar-refractivity contribution in [2.45, 2.75) is 26.2 Å². The van der Waals surface area contributed by atoms with Gasteiger partial charge in [0.1, 0.15) is 5.69 Å². The van der Waals surface area contributed by atoms with Crippen LogP contribution in [0.4, 0.5) is 0 Å². The topological polar surface area (TPSA) is 30.2 Å². The molecule has 0 unspecified atom stereocenters. The smallest absolute Gasteiger partial charge is 0.106 e. The highest BCUT2D eigenvalue weighted by molar-refractivity contribution is 6.30. The second kappa shape index (κ2) is 6.49. The van der Waals surface area contributed by atoms with Crippen LogP contribution in [0, 0.1) is 0 Å². The van der Waals surface area contributed by atoms with E-state index in [-0.39, 0.29) is 0 Å². The van der Waals surface area contributed by atoms with E-state index in [2.05, 4.69) is 28.3 Å². The predicted molar refractivity (Wildman–Crippen MR) is 92.7 cm³/mol. The van der Waals surface area contributed by atoms with Gasteiger partial charge in [0, 0.05) is 24.8 Å². The molecule has 0 atom stereocenters. The molecule has 0 bridgehead atoms. The van der Waals surface area contributed by atoms with Crippen molar-refractivity contribution in [2.24, 2.45) is 12.0 Å². The zero-order valence-electron chi connectivity index (χ0n) is 13.0. The number of halogens is 1. The number of hydrogen-bond acceptors (Lipinski definition) is 2. The third-order valence-electron chi connectivity index (χ3n) is 4.04. The molecule has 0 N–H and O–H groups in total. The summed E-state index contributed by atoms with van der Waals surface area (Å²) >= 11 is 6.14. The first-order chi connectivity index (χ1) is 10.6. The van der Waals surface area contributed by atoms with Gasteiger partial charge < -0.3 is 0 Å². The van der Waals surface area contributed by atoms with Crippen molar-refractivity contribution < 1.29 is 0 Å². The third-order valence-corrected chi connectivity index (χ3v) is 4.27. The van der Waals surface area contributed by atoms with Gasteiger partial charge in [0.2, 0.25) is 0 Å². The number of benzene rings is 1. The number of hydrogen-bond donors (Lipinski definition) is 0. The van der Waals surface area contributed by atoms with E-state index in [1.807, 2.05) is 32.3 Å². The van der Waals surface area contributed by atoms with Crippen molar-refractivity contribution in [3.05, 3.63) is 58.4 Å². The SMILES string of the molecule is CC(=NCCC1=CCCc2ccc(Cl)cc21)c1ccn(C)n1. The Labute approximate surface area is 136 Å². The van der Waals surface area contributed by atoms with Crippen LogP contribution in [0.1, 0.15) is 36.6 Å². The Hall–Kier alpha value is -1.87. The van der Waals surface area contributed by atoms with Crippen LogP contribution in [-0.2, 0) is 13.5 Å². The average Bonchev–Trinajstić information content (AvgIpc) is 2.94. The van der Waals surface area contributed by atoms with Crippen LogP contribution in [0.5, 0.6) is 0 Å². The number of aryl methyl sites for hydroxylation is 2. The van der Waals surface area contributed by atoms with E-state index < -0.39 is 0 Å². The van der Waals surface area contributed by atoms with Gasteiger partial charge >= 0.3 is 0 Å². The van der Waals surface area contributed by atoms with Crippen molar-refractivity contribution >= 4 is 22.9 Å². The van der Waals surface area contributed by atoms with Crippen LogP contribution in [0.3, 0.4) is 0 Å². The maximum absolute atomic E-state index is 6.14. The zero-order chi connectivity index (χ0) is 15.5. The fraction of sp³-hybridized carbons (Fsp3) is 0.333. The van der Waals surface area contributed by atoms with Gasteiger partial charge in [-0.15, -0.1) is 0 Å². The molecule has 1 aliphatic carbocycles. The van der Waals surface area contributed by atoms with Crippen LogP contribution in [-0.4, -0.2) is 22.0 Å². The third kappa shape index (κ3) is 3.30. The lowest BCUT2D eigenvalue weighted by molar-refractivity contribution is 0.764. The van der Waals surface area contributed by atoms with E-state index in [0.717, 1.165) is 42.2 Å². The lowest BCUT2D eigenvalue weighted by atomic mass is 9.89. The summed E-state index contributed by atoms with van der Waals surface area (Å²) in [4.78, 5) is 4.66. The van der Waals surface area contributed by atoms with E-state index in [4.69, 9.17) is 11.6 Å². The molecule has 0 saturated carbocycles. The van der Waals surface area contributed by atoms with E-state index in [1.165, 1.54) is 16.7 Å². The second-order valence-electron chi connectivity index (χ2n) is 5.66. The lowest BCUT2D eigenvalue weighted by Gasteiger charge is -2.17. The molecule has 1 aromatic heterocycles. The largest absolute Gasteiger partial charge is 0.287 e. The van der Waals surface area contributed by atoms with Crippen LogP contribution < -0.4 is 0 Å². The molecule has 1 aromatic carbocycles. The average molecular weight is 314 g/mol. The van der Waals surface area contributed by atoms with Crippen molar-refractivity contribution in [3.8, 4) is 0 Å². The predicted octanol–water partition coefficient (Wildman–Crippen LogP) is 4.30. The number of aromatic nitrogens is 2. The molecule has 3 nitrogen and oxygen atoms in total. The molecule has 0 aliphatic heterocycles. The first-order valence-corrected chi connectivity index (χ1v) is 8.00. The van der Waals surface area contributed by atoms with E-state index >= 15 is 0 Å². The molecular weight excluding hydrogens is 294 g/mol. The van der Waals surface area contributed by atoms with Crippen molar-refractivity contribution in [1.29, 1.82) is 0 Å². The van der Waals surface area contributed by atoms with Gasteiger partial charge in [-0.1, -0.05) is 23.7 Å². The zero-order valence-corrected chi connectivity index (χ0v) is 13.8. The molecule has 2 aromatic rings. The molecule has 3 rings (SSSR count). The first kappa shape index (κ1) is 15.0. The summed E-state index contributed by atoms with van der Waals surface area (Å²) in [5, 5.41) is 5.18. The minimum atomic E-state index is 0.778. The molecule has 0 amide bonds. The summed E-state index contributed by atoms with van der Waals surface area (Å²) in [5.74, 6) is 0. The molecule has 22 heavy (non-hydrogen) atoms. The standard InChI is InChI=1S/C18H20ClN3/c1-13(18-9-11-22(2)21-18)20-10-8-15-5-3-4-14-6-7-16(19)12-17(14)15/h5-7,9,11-12H,3-4,8,10H2,1-2H3. The highest BCUT2D eigenvalue weighted by Gasteiger charge is 2.12. The molecule has 0 saturated heterocycles. The van der Waals surface area contributed by atoms with Crippen LogP contribution in [0.15, 0.2) is 41.5 Å². The monoisotopic (exact) mass is 313 g/mol. The summed E-state index contributed by atoms with van der Waals surface area (Å²) in [6.07, 6.45) is 7.41. The minimum absolute atomic E-state index is 0.778. The Kier molecular flexibility index (Phi) is 4.44. The van der Waals surface area contributed by atoms with Gasteiger partial charge in [0.15, 0.2) is 0 Å². The number of rotatable bonds is 4. The number of aliphatic imine (C=N–C) groups is 1. The van der Waals surface area contributed by atoms with Gasteiger partial charge in [-0.3, -0.25) is 9.67 Å². The Morgan fingerprint density at radius 1 is 1.36 bits per heavy atom. The minimum Gasteiger partial charge on any atom is -0.287 e. The van der Waals surface area contributed by atoms with E-state index in [1.54, 1.807) is 4.68 Å². The Balaban J connectivity index is 1.70. The van der Waals surface area contributed by atoms with E-state index in [0.29, 0.717) is 0 Å². The lowest BCUT2D eigenvalue weighted by Crippen LogP contribution is -2.03. The van der Waals surface area contributed by atoms with Gasteiger partial charge in [0.05, 0.1) is 5.71 Å². The first-order valence-electron chi connectivity index (χ1n) is 7.62. The van der Waals surface area contributed by atoms with Crippen LogP contribution in [0.2, 0.25) is 5.02 Å². The molecule has 1 aliphatic rings. The van der Waals surface area contributed by atoms with Gasteiger partial charge in [0.25, 0.3) is 0 Å². The van der Waals surface area contributed by atoms with Gasteiger partial charge in [-0.25, -0.2) is 0 Å². The summed E-state index contributed by atoms with van der Waals surface area (Å²) in [6, 6.07) is 8.20. The molecule has 0 fully saturated rings. The van der Waals surface area contributed by atoms with Crippen molar-refractivity contribution in [2.75, 3.05) is 6.54 Å². The van der Waals surface area contributed by atoms with Crippen LogP contribution in [0.25, 0.3) is 5.57 Å². The van der Waals surface area contributed by atoms with Gasteiger partial charge in [-0.2, -0.15) is 5.10 Å². The summed E-state index contributed by atoms with van der Waals surface area (Å²) in [7, 11) is 1.92. The van der Waals surface area contributed by atoms with Crippen molar-refractivity contribution in [3.63, 3.8) is 0 Å². The van der Waals surface area contributed by atoms with Gasteiger partial charge in [-0.05, 0) is 61.1 Å². The number of nitrogens with zero attached hydrogens (tertiary/aromatic N) is 3. The summed E-state index contributed by atoms with van der Waals surface area (Å²) < 4.78 is 1.80. The molecular formula is C18H20ClN3. The highest BCUT2D eigenvalue weighted by Crippen LogP contribution is 2.30. The number of fused-ring (bicyclic) bond motifs is 1. The fourth-order valence-electron chi connectivity index (χ4n) is 2.85. The highest BCUT2D eigenvalue weighted by atomic mass is 35.5. The van der Waals surface area contributed by atoms with E-state index in [9.17, 15) is 0 Å². The summed E-state index contributed by atoms with van der Waals surface area (Å²) in [5.41, 5.74) is 5.99. The molecule has 0 radical (unpaired) electrons. The Morgan fingerprint density at radius 3 is 3.00 bits per heavy atom. The fourth-order valence-corrected chi connectivity index (χ4v) is 3.02. The number of allylic oxidation sites excluding steroid dienone is 1. The summed E-state index contributed by atoms with van der Waals surface area (Å²) in [6.45, 7) is 2.79. The van der Waals surface area contributed by atoms with Crippen molar-refractivity contribution in [1.82, 2.24) is 9.78 Å².